The molecular weight excluding hydrogens is 310 g/mol. The lowest BCUT2D eigenvalue weighted by atomic mass is 10.2. The highest BCUT2D eigenvalue weighted by Crippen LogP contribution is 2.24. The van der Waals surface area contributed by atoms with Gasteiger partial charge in [0.25, 0.3) is 0 Å². The Labute approximate surface area is 138 Å². The number of para-hydroxylation sites is 2. The van der Waals surface area contributed by atoms with Crippen LogP contribution in [0.25, 0.3) is 0 Å². The lowest BCUT2D eigenvalue weighted by Crippen LogP contribution is -2.40. The Balaban J connectivity index is 1.76. The molecule has 1 amide bonds. The lowest BCUT2D eigenvalue weighted by Gasteiger charge is -2.24. The van der Waals surface area contributed by atoms with Crippen molar-refractivity contribution in [1.29, 1.82) is 0 Å². The van der Waals surface area contributed by atoms with Crippen LogP contribution in [0.4, 0.5) is 17.3 Å². The Morgan fingerprint density at radius 1 is 1.25 bits per heavy atom. The van der Waals surface area contributed by atoms with Crippen molar-refractivity contribution in [3.63, 3.8) is 0 Å². The number of hydrogen-bond acceptors (Lipinski definition) is 6. The Morgan fingerprint density at radius 2 is 1.96 bits per heavy atom. The molecule has 0 aliphatic carbocycles. The van der Waals surface area contributed by atoms with Crippen LogP contribution in [0.5, 0.6) is 0 Å². The fourth-order valence-electron chi connectivity index (χ4n) is 2.69. The van der Waals surface area contributed by atoms with Crippen LogP contribution in [0.1, 0.15) is 23.2 Å². The predicted octanol–water partition coefficient (Wildman–Crippen LogP) is 1.36. The van der Waals surface area contributed by atoms with E-state index in [1.807, 2.05) is 0 Å². The summed E-state index contributed by atoms with van der Waals surface area (Å²) < 4.78 is 0. The SMILES string of the molecule is Nc1ccccc1NC(=O)[C@@H]1CCCN1c1ncc(C(=O)O)cn1. The number of nitrogens with one attached hydrogen (secondary N) is 1. The number of hydrogen-bond donors (Lipinski definition) is 3. The first-order valence-electron chi connectivity index (χ1n) is 7.53. The van der Waals surface area contributed by atoms with E-state index in [1.165, 1.54) is 12.4 Å². The van der Waals surface area contributed by atoms with Crippen LogP contribution in [0, 0.1) is 0 Å². The van der Waals surface area contributed by atoms with E-state index in [0.717, 1.165) is 6.42 Å². The molecule has 8 nitrogen and oxygen atoms in total. The van der Waals surface area contributed by atoms with Crippen LogP contribution >= 0.6 is 0 Å². The Morgan fingerprint density at radius 3 is 2.62 bits per heavy atom. The van der Waals surface area contributed by atoms with E-state index in [1.54, 1.807) is 29.2 Å². The maximum Gasteiger partial charge on any atom is 0.338 e. The summed E-state index contributed by atoms with van der Waals surface area (Å²) in [6.45, 7) is 0.634. The molecule has 2 aromatic rings. The molecule has 24 heavy (non-hydrogen) atoms. The van der Waals surface area contributed by atoms with Gasteiger partial charge in [0.05, 0.1) is 16.9 Å². The molecule has 1 aliphatic heterocycles. The van der Waals surface area contributed by atoms with Crippen molar-refractivity contribution in [2.45, 2.75) is 18.9 Å². The second-order valence-electron chi connectivity index (χ2n) is 5.50. The Kier molecular flexibility index (Phi) is 4.28. The number of aromatic nitrogens is 2. The summed E-state index contributed by atoms with van der Waals surface area (Å²) in [7, 11) is 0. The van der Waals surface area contributed by atoms with E-state index in [9.17, 15) is 9.59 Å². The van der Waals surface area contributed by atoms with E-state index in [2.05, 4.69) is 15.3 Å². The third kappa shape index (κ3) is 3.12. The van der Waals surface area contributed by atoms with Gasteiger partial charge in [0.15, 0.2) is 0 Å². The zero-order valence-electron chi connectivity index (χ0n) is 12.8. The smallest absolute Gasteiger partial charge is 0.338 e. The first-order chi connectivity index (χ1) is 11.6. The van der Waals surface area contributed by atoms with Gasteiger partial charge in [-0.05, 0) is 25.0 Å². The molecule has 1 saturated heterocycles. The zero-order chi connectivity index (χ0) is 17.1. The van der Waals surface area contributed by atoms with Gasteiger partial charge in [0, 0.05) is 18.9 Å². The molecule has 1 atom stereocenters. The molecule has 0 unspecified atom stereocenters. The number of rotatable bonds is 4. The quantitative estimate of drug-likeness (QED) is 0.725. The second-order valence-corrected chi connectivity index (χ2v) is 5.50. The van der Waals surface area contributed by atoms with E-state index >= 15 is 0 Å². The summed E-state index contributed by atoms with van der Waals surface area (Å²) in [4.78, 5) is 33.4. The first kappa shape index (κ1) is 15.7. The number of nitrogen functional groups attached to an aromatic ring is 1. The summed E-state index contributed by atoms with van der Waals surface area (Å²) in [5.41, 5.74) is 6.92. The van der Waals surface area contributed by atoms with Crippen molar-refractivity contribution in [2.24, 2.45) is 0 Å². The van der Waals surface area contributed by atoms with Crippen LogP contribution in [0.2, 0.25) is 0 Å². The van der Waals surface area contributed by atoms with Gasteiger partial charge in [-0.25, -0.2) is 14.8 Å². The average molecular weight is 327 g/mol. The molecule has 0 saturated carbocycles. The topological polar surface area (TPSA) is 121 Å². The number of carboxylic acids is 1. The maximum atomic E-state index is 12.6. The minimum atomic E-state index is -1.09. The van der Waals surface area contributed by atoms with Gasteiger partial charge in [-0.3, -0.25) is 4.79 Å². The fraction of sp³-hybridized carbons (Fsp3) is 0.250. The molecule has 2 heterocycles. The van der Waals surface area contributed by atoms with Gasteiger partial charge < -0.3 is 21.1 Å². The molecule has 1 aliphatic rings. The largest absolute Gasteiger partial charge is 0.478 e. The Hall–Kier alpha value is -3.16. The molecule has 0 bridgehead atoms. The molecule has 1 fully saturated rings. The van der Waals surface area contributed by atoms with Crippen molar-refractivity contribution in [3.05, 3.63) is 42.2 Å². The molecule has 8 heteroatoms. The molecule has 0 spiro atoms. The van der Waals surface area contributed by atoms with Crippen LogP contribution in [-0.2, 0) is 4.79 Å². The number of carboxylic acid groups (broad SMARTS) is 1. The highest BCUT2D eigenvalue weighted by molar-refractivity contribution is 5.99. The van der Waals surface area contributed by atoms with Gasteiger partial charge in [0.2, 0.25) is 11.9 Å². The number of benzene rings is 1. The third-order valence-corrected chi connectivity index (χ3v) is 3.92. The van der Waals surface area contributed by atoms with E-state index in [0.29, 0.717) is 30.3 Å². The van der Waals surface area contributed by atoms with Crippen molar-refractivity contribution in [3.8, 4) is 0 Å². The van der Waals surface area contributed by atoms with Crippen molar-refractivity contribution in [2.75, 3.05) is 22.5 Å². The molecule has 124 valence electrons. The molecule has 1 aromatic carbocycles. The van der Waals surface area contributed by atoms with Crippen molar-refractivity contribution in [1.82, 2.24) is 9.97 Å². The van der Waals surface area contributed by atoms with Gasteiger partial charge in [-0.15, -0.1) is 0 Å². The van der Waals surface area contributed by atoms with E-state index < -0.39 is 12.0 Å². The maximum absolute atomic E-state index is 12.6. The summed E-state index contributed by atoms with van der Waals surface area (Å²) in [5.74, 6) is -0.924. The van der Waals surface area contributed by atoms with Crippen LogP contribution < -0.4 is 16.0 Å². The summed E-state index contributed by atoms with van der Waals surface area (Å²) in [5, 5.41) is 11.7. The third-order valence-electron chi connectivity index (χ3n) is 3.92. The number of carbonyl (C=O) groups excluding carboxylic acids is 1. The zero-order valence-corrected chi connectivity index (χ0v) is 12.8. The minimum Gasteiger partial charge on any atom is -0.478 e. The summed E-state index contributed by atoms with van der Waals surface area (Å²) in [6, 6.07) is 6.64. The normalized spacial score (nSPS) is 16.8. The molecular formula is C16H17N5O3. The lowest BCUT2D eigenvalue weighted by molar-refractivity contribution is -0.117. The van der Waals surface area contributed by atoms with Crippen molar-refractivity contribution < 1.29 is 14.7 Å². The predicted molar refractivity (Wildman–Crippen MR) is 88.8 cm³/mol. The number of anilines is 3. The van der Waals surface area contributed by atoms with Crippen LogP contribution in [-0.4, -0.2) is 39.5 Å². The summed E-state index contributed by atoms with van der Waals surface area (Å²) in [6.07, 6.45) is 3.98. The molecule has 4 N–H and O–H groups in total. The number of nitrogens with two attached hydrogens (primary N) is 1. The van der Waals surface area contributed by atoms with Gasteiger partial charge in [-0.1, -0.05) is 12.1 Å². The van der Waals surface area contributed by atoms with E-state index in [-0.39, 0.29) is 11.5 Å². The molecule has 1 aromatic heterocycles. The molecule has 3 rings (SSSR count). The monoisotopic (exact) mass is 327 g/mol. The number of nitrogens with zero attached hydrogens (tertiary/aromatic N) is 3. The first-order valence-corrected chi connectivity index (χ1v) is 7.53. The van der Waals surface area contributed by atoms with Crippen LogP contribution in [0.15, 0.2) is 36.7 Å². The van der Waals surface area contributed by atoms with E-state index in [4.69, 9.17) is 10.8 Å². The minimum absolute atomic E-state index is 0.0102. The Bertz CT molecular complexity index is 763. The number of carbonyl (C=O) groups is 2. The molecule has 0 radical (unpaired) electrons. The van der Waals surface area contributed by atoms with Crippen LogP contribution in [0.3, 0.4) is 0 Å². The highest BCUT2D eigenvalue weighted by Gasteiger charge is 2.32. The standard InChI is InChI=1S/C16H17N5O3/c17-11-4-1-2-5-12(11)20-14(22)13-6-3-7-21(13)16-18-8-10(9-19-16)15(23)24/h1-2,4-5,8-9,13H,3,6-7,17H2,(H,20,22)(H,23,24)/t13-/m0/s1. The highest BCUT2D eigenvalue weighted by atomic mass is 16.4. The van der Waals surface area contributed by atoms with Gasteiger partial charge >= 0.3 is 5.97 Å². The van der Waals surface area contributed by atoms with Gasteiger partial charge in [-0.2, -0.15) is 0 Å². The van der Waals surface area contributed by atoms with Gasteiger partial charge in [0.1, 0.15) is 6.04 Å². The fourth-order valence-corrected chi connectivity index (χ4v) is 2.69. The van der Waals surface area contributed by atoms with Crippen molar-refractivity contribution >= 4 is 29.2 Å². The average Bonchev–Trinajstić information content (AvgIpc) is 3.07. The second kappa shape index (κ2) is 6.53. The number of aromatic carboxylic acids is 1. The number of amides is 1. The summed E-state index contributed by atoms with van der Waals surface area (Å²) >= 11 is 0.